The Morgan fingerprint density at radius 1 is 1.13 bits per heavy atom. The second-order valence-electron chi connectivity index (χ2n) is 11.1. The van der Waals surface area contributed by atoms with Crippen molar-refractivity contribution in [2.45, 2.75) is 69.7 Å². The summed E-state index contributed by atoms with van der Waals surface area (Å²) in [5, 5.41) is 10.8. The van der Waals surface area contributed by atoms with Crippen molar-refractivity contribution < 1.29 is 23.1 Å². The van der Waals surface area contributed by atoms with E-state index in [1.54, 1.807) is 44.0 Å². The van der Waals surface area contributed by atoms with Gasteiger partial charge in [-0.15, -0.1) is 0 Å². The van der Waals surface area contributed by atoms with Crippen molar-refractivity contribution in [3.8, 4) is 0 Å². The fourth-order valence-corrected chi connectivity index (χ4v) is 7.77. The van der Waals surface area contributed by atoms with Crippen LogP contribution in [-0.4, -0.2) is 59.5 Å². The third-order valence-corrected chi connectivity index (χ3v) is 11.4. The smallest absolute Gasteiger partial charge is 0.307 e. The number of benzene rings is 2. The van der Waals surface area contributed by atoms with Crippen molar-refractivity contribution in [2.75, 3.05) is 13.6 Å². The molecular weight excluding hydrogens is 559 g/mol. The predicted octanol–water partition coefficient (Wildman–Crippen LogP) is 5.98. The van der Waals surface area contributed by atoms with Crippen LogP contribution in [0.5, 0.6) is 0 Å². The number of nitrogens with zero attached hydrogens (tertiary/aromatic N) is 2. The number of likely N-dealkylation sites (N-methyl/N-ethyl adjacent to an activating group) is 1. The molecule has 212 valence electrons. The predicted molar refractivity (Wildman–Crippen MR) is 153 cm³/mol. The first-order valence-electron chi connectivity index (χ1n) is 13.3. The van der Waals surface area contributed by atoms with Crippen LogP contribution in [0.3, 0.4) is 0 Å². The molecule has 2 aliphatic rings. The van der Waals surface area contributed by atoms with E-state index in [0.717, 1.165) is 11.1 Å². The Balaban J connectivity index is 1.89. The van der Waals surface area contributed by atoms with Gasteiger partial charge in [0.25, 0.3) is 0 Å². The molecule has 1 unspecified atom stereocenters. The number of carbonyl (C=O) groups is 2. The van der Waals surface area contributed by atoms with E-state index < -0.39 is 39.4 Å². The molecule has 5 atom stereocenters. The number of carboxylic acid groups (broad SMARTS) is 1. The third-order valence-electron chi connectivity index (χ3n) is 8.57. The minimum absolute atomic E-state index is 0.116. The molecular formula is C29H36Cl2N2O5S. The van der Waals surface area contributed by atoms with Gasteiger partial charge in [-0.25, -0.2) is 12.7 Å². The molecule has 7 nitrogen and oxygen atoms in total. The highest BCUT2D eigenvalue weighted by Gasteiger charge is 2.55. The average molecular weight is 596 g/mol. The Kier molecular flexibility index (Phi) is 8.72. The van der Waals surface area contributed by atoms with Crippen molar-refractivity contribution in [3.63, 3.8) is 0 Å². The third kappa shape index (κ3) is 5.85. The number of halogens is 2. The second kappa shape index (κ2) is 11.4. The summed E-state index contributed by atoms with van der Waals surface area (Å²) in [6.07, 6.45) is 2.06. The van der Waals surface area contributed by atoms with E-state index in [-0.39, 0.29) is 30.0 Å². The van der Waals surface area contributed by atoms with Gasteiger partial charge >= 0.3 is 5.97 Å². The van der Waals surface area contributed by atoms with Gasteiger partial charge in [-0.3, -0.25) is 9.59 Å². The first-order valence-corrected chi connectivity index (χ1v) is 15.6. The van der Waals surface area contributed by atoms with Gasteiger partial charge in [0.2, 0.25) is 15.9 Å². The van der Waals surface area contributed by atoms with Gasteiger partial charge in [-0.05, 0) is 68.0 Å². The molecule has 2 aromatic rings. The van der Waals surface area contributed by atoms with Gasteiger partial charge in [0, 0.05) is 35.6 Å². The number of sulfonamides is 1. The average Bonchev–Trinajstić information content (AvgIpc) is 3.75. The molecule has 0 bridgehead atoms. The molecule has 2 fully saturated rings. The zero-order valence-electron chi connectivity index (χ0n) is 22.7. The van der Waals surface area contributed by atoms with E-state index >= 15 is 0 Å². The quantitative estimate of drug-likeness (QED) is 0.365. The van der Waals surface area contributed by atoms with E-state index in [1.807, 2.05) is 37.3 Å². The number of hydrogen-bond donors (Lipinski definition) is 1. The van der Waals surface area contributed by atoms with Crippen molar-refractivity contribution in [2.24, 2.45) is 11.3 Å². The minimum atomic E-state index is -3.48. The van der Waals surface area contributed by atoms with E-state index in [4.69, 9.17) is 23.2 Å². The number of hydrogen-bond acceptors (Lipinski definition) is 4. The van der Waals surface area contributed by atoms with Crippen LogP contribution in [0, 0.1) is 11.3 Å². The molecule has 10 heteroatoms. The van der Waals surface area contributed by atoms with Crippen molar-refractivity contribution >= 4 is 45.1 Å². The molecule has 2 aromatic carbocycles. The van der Waals surface area contributed by atoms with Crippen LogP contribution in [0.2, 0.25) is 10.0 Å². The maximum atomic E-state index is 14.5. The number of amides is 1. The molecule has 39 heavy (non-hydrogen) atoms. The Morgan fingerprint density at radius 3 is 2.31 bits per heavy atom. The number of piperidine rings is 1. The Labute approximate surface area is 241 Å². The highest BCUT2D eigenvalue weighted by molar-refractivity contribution is 7.90. The van der Waals surface area contributed by atoms with Gasteiger partial charge < -0.3 is 10.0 Å². The fourth-order valence-electron chi connectivity index (χ4n) is 5.82. The Bertz CT molecular complexity index is 1330. The molecule has 4 rings (SSSR count). The maximum Gasteiger partial charge on any atom is 0.307 e. The zero-order chi connectivity index (χ0) is 28.7. The molecule has 1 saturated heterocycles. The molecule has 0 spiro atoms. The number of aliphatic carboxylic acids is 1. The number of likely N-dealkylation sites (tertiary alicyclic amines) is 1. The zero-order valence-corrected chi connectivity index (χ0v) is 25.0. The summed E-state index contributed by atoms with van der Waals surface area (Å²) in [6, 6.07) is 13.8. The Hall–Kier alpha value is -2.13. The molecule has 0 radical (unpaired) electrons. The summed E-state index contributed by atoms with van der Waals surface area (Å²) in [7, 11) is -1.91. The number of rotatable bonds is 10. The van der Waals surface area contributed by atoms with Crippen molar-refractivity contribution in [1.29, 1.82) is 0 Å². The Morgan fingerprint density at radius 2 is 1.77 bits per heavy atom. The second-order valence-corrected chi connectivity index (χ2v) is 14.3. The van der Waals surface area contributed by atoms with Crippen LogP contribution in [-0.2, 0) is 19.6 Å². The lowest BCUT2D eigenvalue weighted by Crippen LogP contribution is -2.60. The van der Waals surface area contributed by atoms with Crippen LogP contribution in [0.25, 0.3) is 0 Å². The highest BCUT2D eigenvalue weighted by Crippen LogP contribution is 2.53. The normalized spacial score (nSPS) is 25.5. The standard InChI is InChI=1S/C29H36Cl2N2O5S/c1-5-23(17-32(4)39(37,38)24-13-14-24)33-26(19-9-11-21(30)12-10-19)25(20-7-6-8-22(31)15-20)16-29(3,28(33)36)18(2)27(34)35/h6-12,15,18,23-26H,5,13-14,16-17H2,1-4H3,(H,34,35)/t18-,23-,25+,26?,29+/m0/s1. The summed E-state index contributed by atoms with van der Waals surface area (Å²) in [4.78, 5) is 28.5. The number of carboxylic acids is 1. The van der Waals surface area contributed by atoms with Crippen LogP contribution < -0.4 is 0 Å². The van der Waals surface area contributed by atoms with Gasteiger partial charge in [0.05, 0.1) is 22.6 Å². The molecule has 0 aromatic heterocycles. The minimum Gasteiger partial charge on any atom is -0.481 e. The summed E-state index contributed by atoms with van der Waals surface area (Å²) >= 11 is 12.6. The fraction of sp³-hybridized carbons (Fsp3) is 0.517. The lowest BCUT2D eigenvalue weighted by atomic mass is 9.63. The van der Waals surface area contributed by atoms with Crippen LogP contribution in [0.4, 0.5) is 0 Å². The van der Waals surface area contributed by atoms with E-state index in [1.165, 1.54) is 4.31 Å². The van der Waals surface area contributed by atoms with Crippen molar-refractivity contribution in [3.05, 3.63) is 69.7 Å². The topological polar surface area (TPSA) is 95.0 Å². The van der Waals surface area contributed by atoms with Crippen LogP contribution >= 0.6 is 23.2 Å². The first-order chi connectivity index (χ1) is 18.3. The SMILES string of the molecule is CC[C@@H](CN(C)S(=O)(=O)C1CC1)N1C(=O)[C@@](C)([C@@H](C)C(=O)O)C[C@H](c2cccc(Cl)c2)C1c1ccc(Cl)cc1. The molecule has 1 saturated carbocycles. The van der Waals surface area contributed by atoms with E-state index in [2.05, 4.69) is 0 Å². The summed E-state index contributed by atoms with van der Waals surface area (Å²) in [5.74, 6) is -2.61. The van der Waals surface area contributed by atoms with Crippen LogP contribution in [0.1, 0.15) is 69.5 Å². The van der Waals surface area contributed by atoms with Gasteiger partial charge in [0.15, 0.2) is 0 Å². The van der Waals surface area contributed by atoms with Gasteiger partial charge in [0.1, 0.15) is 0 Å². The number of carbonyl (C=O) groups excluding carboxylic acids is 1. The molecule has 1 heterocycles. The lowest BCUT2D eigenvalue weighted by molar-refractivity contribution is -0.167. The summed E-state index contributed by atoms with van der Waals surface area (Å²) in [5.41, 5.74) is 0.495. The molecule has 1 aliphatic carbocycles. The maximum absolute atomic E-state index is 14.5. The monoisotopic (exact) mass is 594 g/mol. The largest absolute Gasteiger partial charge is 0.481 e. The molecule has 1 aliphatic heterocycles. The summed E-state index contributed by atoms with van der Waals surface area (Å²) < 4.78 is 27.5. The van der Waals surface area contributed by atoms with Gasteiger partial charge in [-0.2, -0.15) is 0 Å². The van der Waals surface area contributed by atoms with E-state index in [9.17, 15) is 23.1 Å². The summed E-state index contributed by atoms with van der Waals surface area (Å²) in [6.45, 7) is 5.33. The lowest BCUT2D eigenvalue weighted by Gasteiger charge is -2.53. The van der Waals surface area contributed by atoms with E-state index in [0.29, 0.717) is 29.3 Å². The van der Waals surface area contributed by atoms with Crippen LogP contribution in [0.15, 0.2) is 48.5 Å². The molecule has 1 amide bonds. The van der Waals surface area contributed by atoms with Gasteiger partial charge in [-0.1, -0.05) is 61.3 Å². The molecule has 1 N–H and O–H groups in total. The highest BCUT2D eigenvalue weighted by atomic mass is 35.5. The first kappa shape index (κ1) is 29.8. The van der Waals surface area contributed by atoms with Crippen molar-refractivity contribution in [1.82, 2.24) is 9.21 Å².